The average Bonchev–Trinajstić information content (AvgIpc) is 3.19. The van der Waals surface area contributed by atoms with Crippen molar-refractivity contribution in [2.75, 3.05) is 5.32 Å². The molecule has 2 heterocycles. The molecular formula is C24H22N4O2S. The van der Waals surface area contributed by atoms with E-state index in [0.717, 1.165) is 16.8 Å². The van der Waals surface area contributed by atoms with Crippen molar-refractivity contribution in [2.24, 2.45) is 0 Å². The number of carbonyl (C=O) groups is 1. The third-order valence-electron chi connectivity index (χ3n) is 4.75. The summed E-state index contributed by atoms with van der Waals surface area (Å²) in [5.41, 5.74) is 3.28. The van der Waals surface area contributed by atoms with E-state index in [1.807, 2.05) is 66.7 Å². The maximum absolute atomic E-state index is 12.6. The Labute approximate surface area is 184 Å². The van der Waals surface area contributed by atoms with E-state index >= 15 is 0 Å². The van der Waals surface area contributed by atoms with Gasteiger partial charge >= 0.3 is 0 Å². The molecule has 0 aliphatic rings. The van der Waals surface area contributed by atoms with Gasteiger partial charge in [0, 0.05) is 31.0 Å². The van der Waals surface area contributed by atoms with Gasteiger partial charge in [0.2, 0.25) is 0 Å². The highest BCUT2D eigenvalue weighted by atomic mass is 32.1. The molecule has 2 aromatic heterocycles. The van der Waals surface area contributed by atoms with E-state index in [-0.39, 0.29) is 11.5 Å². The third-order valence-corrected chi connectivity index (χ3v) is 5.91. The topological polar surface area (TPSA) is 76.0 Å². The van der Waals surface area contributed by atoms with Crippen molar-refractivity contribution in [2.45, 2.75) is 20.0 Å². The molecule has 2 aromatic carbocycles. The SMILES string of the molecule is Cc1nc(-n2ccc(NCc3ccccc3)cc2=O)sc1C(=O)NCc1ccccc1. The maximum atomic E-state index is 12.6. The first-order chi connectivity index (χ1) is 15.1. The second-order valence-corrected chi connectivity index (χ2v) is 8.02. The first-order valence-electron chi connectivity index (χ1n) is 9.90. The molecule has 4 aromatic rings. The van der Waals surface area contributed by atoms with Crippen LogP contribution in [0.5, 0.6) is 0 Å². The Balaban J connectivity index is 1.46. The molecule has 6 nitrogen and oxygen atoms in total. The molecule has 0 radical (unpaired) electrons. The molecule has 0 atom stereocenters. The summed E-state index contributed by atoms with van der Waals surface area (Å²) in [6.45, 7) is 2.85. The minimum atomic E-state index is -0.206. The highest BCUT2D eigenvalue weighted by Crippen LogP contribution is 2.21. The van der Waals surface area contributed by atoms with E-state index in [1.165, 1.54) is 22.0 Å². The zero-order valence-corrected chi connectivity index (χ0v) is 17.9. The first-order valence-corrected chi connectivity index (χ1v) is 10.7. The summed E-state index contributed by atoms with van der Waals surface area (Å²) in [5, 5.41) is 6.64. The number of aryl methyl sites for hydroxylation is 1. The number of amides is 1. The molecule has 156 valence electrons. The van der Waals surface area contributed by atoms with Gasteiger partial charge in [-0.05, 0) is 24.1 Å². The molecule has 31 heavy (non-hydrogen) atoms. The molecule has 0 fully saturated rings. The minimum Gasteiger partial charge on any atom is -0.381 e. The lowest BCUT2D eigenvalue weighted by molar-refractivity contribution is 0.0954. The van der Waals surface area contributed by atoms with Gasteiger partial charge in [0.1, 0.15) is 4.88 Å². The van der Waals surface area contributed by atoms with E-state index in [2.05, 4.69) is 15.6 Å². The second-order valence-electron chi connectivity index (χ2n) is 7.04. The Hall–Kier alpha value is -3.71. The lowest BCUT2D eigenvalue weighted by Gasteiger charge is -2.07. The fraction of sp³-hybridized carbons (Fsp3) is 0.125. The van der Waals surface area contributed by atoms with E-state index in [1.54, 1.807) is 13.1 Å². The van der Waals surface area contributed by atoms with E-state index < -0.39 is 0 Å². The number of carbonyl (C=O) groups excluding carboxylic acids is 1. The summed E-state index contributed by atoms with van der Waals surface area (Å²) < 4.78 is 1.46. The van der Waals surface area contributed by atoms with Crippen LogP contribution in [0.4, 0.5) is 5.69 Å². The zero-order valence-electron chi connectivity index (χ0n) is 17.0. The molecule has 0 saturated carbocycles. The van der Waals surface area contributed by atoms with Gasteiger partial charge in [-0.3, -0.25) is 14.2 Å². The van der Waals surface area contributed by atoms with Crippen LogP contribution in [-0.2, 0) is 13.1 Å². The van der Waals surface area contributed by atoms with Crippen LogP contribution in [0.15, 0.2) is 83.8 Å². The fourth-order valence-corrected chi connectivity index (χ4v) is 4.07. The van der Waals surface area contributed by atoms with Gasteiger partial charge in [-0.25, -0.2) is 4.98 Å². The predicted molar refractivity (Wildman–Crippen MR) is 124 cm³/mol. The normalized spacial score (nSPS) is 10.6. The van der Waals surface area contributed by atoms with Crippen molar-refractivity contribution in [3.05, 3.63) is 111 Å². The van der Waals surface area contributed by atoms with Crippen molar-refractivity contribution in [1.29, 1.82) is 0 Å². The van der Waals surface area contributed by atoms with E-state index in [0.29, 0.717) is 28.8 Å². The van der Waals surface area contributed by atoms with Gasteiger partial charge in [-0.1, -0.05) is 72.0 Å². The number of thiazole rings is 1. The number of rotatable bonds is 7. The van der Waals surface area contributed by atoms with Crippen molar-refractivity contribution < 1.29 is 4.79 Å². The van der Waals surface area contributed by atoms with E-state index in [9.17, 15) is 9.59 Å². The molecule has 1 amide bonds. The smallest absolute Gasteiger partial charge is 0.263 e. The van der Waals surface area contributed by atoms with Crippen molar-refractivity contribution >= 4 is 22.9 Å². The summed E-state index contributed by atoms with van der Waals surface area (Å²) in [6.07, 6.45) is 1.68. The van der Waals surface area contributed by atoms with Crippen molar-refractivity contribution in [3.63, 3.8) is 0 Å². The van der Waals surface area contributed by atoms with Gasteiger partial charge in [-0.15, -0.1) is 0 Å². The van der Waals surface area contributed by atoms with Gasteiger partial charge in [0.15, 0.2) is 5.13 Å². The Morgan fingerprint density at radius 3 is 2.26 bits per heavy atom. The van der Waals surface area contributed by atoms with Crippen LogP contribution in [-0.4, -0.2) is 15.5 Å². The van der Waals surface area contributed by atoms with E-state index in [4.69, 9.17) is 0 Å². The van der Waals surface area contributed by atoms with Crippen LogP contribution in [0, 0.1) is 6.92 Å². The number of benzene rings is 2. The van der Waals surface area contributed by atoms with Crippen LogP contribution in [0.1, 0.15) is 26.5 Å². The second kappa shape index (κ2) is 9.40. The molecule has 0 bridgehead atoms. The number of nitrogens with zero attached hydrogens (tertiary/aromatic N) is 2. The molecule has 0 aliphatic heterocycles. The molecule has 0 spiro atoms. The Morgan fingerprint density at radius 2 is 1.61 bits per heavy atom. The summed E-state index contributed by atoms with van der Waals surface area (Å²) in [6, 6.07) is 23.1. The monoisotopic (exact) mass is 430 g/mol. The number of anilines is 1. The predicted octanol–water partition coefficient (Wildman–Crippen LogP) is 4.14. The highest BCUT2D eigenvalue weighted by molar-refractivity contribution is 7.16. The number of aromatic nitrogens is 2. The van der Waals surface area contributed by atoms with Crippen LogP contribution >= 0.6 is 11.3 Å². The fourth-order valence-electron chi connectivity index (χ4n) is 3.10. The Bertz CT molecular complexity index is 1230. The Kier molecular flexibility index (Phi) is 6.24. The number of hydrogen-bond acceptors (Lipinski definition) is 5. The summed E-state index contributed by atoms with van der Waals surface area (Å²) in [7, 11) is 0. The minimum absolute atomic E-state index is 0.195. The molecule has 0 aliphatic carbocycles. The molecule has 0 unspecified atom stereocenters. The largest absolute Gasteiger partial charge is 0.381 e. The summed E-state index contributed by atoms with van der Waals surface area (Å²) in [4.78, 5) is 30.2. The van der Waals surface area contributed by atoms with Crippen molar-refractivity contribution in [1.82, 2.24) is 14.9 Å². The number of nitrogens with one attached hydrogen (secondary N) is 2. The molecule has 2 N–H and O–H groups in total. The maximum Gasteiger partial charge on any atom is 0.263 e. The summed E-state index contributed by atoms with van der Waals surface area (Å²) in [5.74, 6) is -0.195. The Morgan fingerprint density at radius 1 is 0.968 bits per heavy atom. The average molecular weight is 431 g/mol. The quantitative estimate of drug-likeness (QED) is 0.462. The van der Waals surface area contributed by atoms with Crippen LogP contribution in [0.25, 0.3) is 5.13 Å². The first kappa shape index (κ1) is 20.6. The van der Waals surface area contributed by atoms with Gasteiger partial charge in [0.05, 0.1) is 5.69 Å². The highest BCUT2D eigenvalue weighted by Gasteiger charge is 2.16. The lowest BCUT2D eigenvalue weighted by Crippen LogP contribution is -2.22. The van der Waals surface area contributed by atoms with Gasteiger partial charge in [-0.2, -0.15) is 0 Å². The van der Waals surface area contributed by atoms with Crippen LogP contribution in [0.2, 0.25) is 0 Å². The van der Waals surface area contributed by atoms with Gasteiger partial charge < -0.3 is 10.6 Å². The molecular weight excluding hydrogens is 408 g/mol. The molecule has 4 rings (SSSR count). The van der Waals surface area contributed by atoms with Crippen LogP contribution < -0.4 is 16.2 Å². The molecule has 0 saturated heterocycles. The zero-order chi connectivity index (χ0) is 21.6. The third kappa shape index (κ3) is 5.07. The van der Waals surface area contributed by atoms with Crippen LogP contribution in [0.3, 0.4) is 0 Å². The summed E-state index contributed by atoms with van der Waals surface area (Å²) >= 11 is 1.21. The number of pyridine rings is 1. The number of hydrogen-bond donors (Lipinski definition) is 2. The lowest BCUT2D eigenvalue weighted by atomic mass is 10.2. The standard InChI is InChI=1S/C24H22N4O2S/c1-17-22(23(30)26-16-19-10-6-3-7-11-19)31-24(27-17)28-13-12-20(14-21(28)29)25-15-18-8-4-2-5-9-18/h2-14,25H,15-16H2,1H3,(H,26,30). The van der Waals surface area contributed by atoms with Gasteiger partial charge in [0.25, 0.3) is 11.5 Å². The van der Waals surface area contributed by atoms with Crippen molar-refractivity contribution in [3.8, 4) is 5.13 Å². The molecule has 7 heteroatoms.